The monoisotopic (exact) mass is 417 g/mol. The third kappa shape index (κ3) is 4.18. The van der Waals surface area contributed by atoms with E-state index in [-0.39, 0.29) is 11.9 Å². The van der Waals surface area contributed by atoms with Gasteiger partial charge in [-0.05, 0) is 38.5 Å². The molecule has 0 spiro atoms. The van der Waals surface area contributed by atoms with E-state index in [4.69, 9.17) is 9.47 Å². The zero-order chi connectivity index (χ0) is 20.3. The quantitative estimate of drug-likeness (QED) is 0.606. The normalized spacial score (nSPS) is 11.9. The van der Waals surface area contributed by atoms with Gasteiger partial charge in [0, 0.05) is 10.9 Å². The summed E-state index contributed by atoms with van der Waals surface area (Å²) >= 11 is 2.98. The number of nitrogens with zero attached hydrogens (tertiary/aromatic N) is 2. The predicted molar refractivity (Wildman–Crippen MR) is 113 cm³/mol. The number of aromatic nitrogens is 2. The van der Waals surface area contributed by atoms with Gasteiger partial charge >= 0.3 is 0 Å². The first kappa shape index (κ1) is 20.3. The molecular weight excluding hydrogens is 394 g/mol. The minimum Gasteiger partial charge on any atom is -0.493 e. The van der Waals surface area contributed by atoms with Gasteiger partial charge in [-0.1, -0.05) is 6.92 Å². The van der Waals surface area contributed by atoms with Crippen molar-refractivity contribution in [3.8, 4) is 22.1 Å². The van der Waals surface area contributed by atoms with Gasteiger partial charge in [0.05, 0.1) is 36.7 Å². The maximum absolute atomic E-state index is 12.8. The molecule has 0 fully saturated rings. The van der Waals surface area contributed by atoms with Crippen LogP contribution < -0.4 is 14.8 Å². The Morgan fingerprint density at radius 3 is 2.61 bits per heavy atom. The van der Waals surface area contributed by atoms with Crippen molar-refractivity contribution in [2.45, 2.75) is 33.2 Å². The molecule has 1 N–H and O–H groups in total. The molecule has 0 radical (unpaired) electrons. The Labute approximate surface area is 172 Å². The molecule has 3 aromatic rings. The van der Waals surface area contributed by atoms with E-state index in [9.17, 15) is 4.79 Å². The summed E-state index contributed by atoms with van der Waals surface area (Å²) in [7, 11) is 3.19. The second-order valence-electron chi connectivity index (χ2n) is 6.22. The number of carbonyl (C=O) groups excluding carboxylic acids is 1. The van der Waals surface area contributed by atoms with Crippen LogP contribution in [0.3, 0.4) is 0 Å². The van der Waals surface area contributed by atoms with E-state index < -0.39 is 0 Å². The first-order chi connectivity index (χ1) is 13.5. The van der Waals surface area contributed by atoms with Gasteiger partial charge in [0.1, 0.15) is 9.88 Å². The summed E-state index contributed by atoms with van der Waals surface area (Å²) in [6, 6.07) is 5.45. The molecule has 0 aliphatic heterocycles. The highest BCUT2D eigenvalue weighted by molar-refractivity contribution is 7.17. The largest absolute Gasteiger partial charge is 0.493 e. The number of ether oxygens (including phenoxy) is 2. The van der Waals surface area contributed by atoms with Crippen LogP contribution in [-0.4, -0.2) is 30.1 Å². The van der Waals surface area contributed by atoms with E-state index in [2.05, 4.69) is 22.2 Å². The van der Waals surface area contributed by atoms with Crippen molar-refractivity contribution >= 4 is 28.6 Å². The van der Waals surface area contributed by atoms with Gasteiger partial charge in [0.2, 0.25) is 0 Å². The highest BCUT2D eigenvalue weighted by Gasteiger charge is 2.20. The summed E-state index contributed by atoms with van der Waals surface area (Å²) in [6.07, 6.45) is 0.897. The molecule has 0 aliphatic carbocycles. The second-order valence-corrected chi connectivity index (χ2v) is 8.16. The number of rotatable bonds is 7. The van der Waals surface area contributed by atoms with Crippen molar-refractivity contribution in [2.24, 2.45) is 0 Å². The maximum Gasteiger partial charge on any atom is 0.263 e. The molecule has 6 nitrogen and oxygen atoms in total. The lowest BCUT2D eigenvalue weighted by atomic mass is 10.2. The molecule has 1 amide bonds. The Kier molecular flexibility index (Phi) is 6.31. The number of hydrogen-bond donors (Lipinski definition) is 1. The highest BCUT2D eigenvalue weighted by Crippen LogP contribution is 2.35. The molecule has 1 unspecified atom stereocenters. The van der Waals surface area contributed by atoms with Crippen LogP contribution in [-0.2, 0) is 6.42 Å². The number of aryl methyl sites for hydroxylation is 2. The Hall–Kier alpha value is -2.45. The Morgan fingerprint density at radius 2 is 1.96 bits per heavy atom. The van der Waals surface area contributed by atoms with Crippen LogP contribution in [0.2, 0.25) is 0 Å². The number of nitrogens with one attached hydrogen (secondary N) is 1. The van der Waals surface area contributed by atoms with Crippen LogP contribution in [0.15, 0.2) is 23.6 Å². The van der Waals surface area contributed by atoms with Gasteiger partial charge in [-0.15, -0.1) is 22.7 Å². The van der Waals surface area contributed by atoms with Crippen molar-refractivity contribution in [1.29, 1.82) is 0 Å². The lowest BCUT2D eigenvalue weighted by Crippen LogP contribution is -2.26. The van der Waals surface area contributed by atoms with Gasteiger partial charge in [0.15, 0.2) is 11.5 Å². The molecule has 148 valence electrons. The van der Waals surface area contributed by atoms with E-state index >= 15 is 0 Å². The highest BCUT2D eigenvalue weighted by atomic mass is 32.1. The van der Waals surface area contributed by atoms with E-state index in [1.807, 2.05) is 37.4 Å². The number of amides is 1. The van der Waals surface area contributed by atoms with Crippen LogP contribution in [0, 0.1) is 6.92 Å². The molecule has 8 heteroatoms. The lowest BCUT2D eigenvalue weighted by Gasteiger charge is -2.10. The lowest BCUT2D eigenvalue weighted by molar-refractivity contribution is 0.0942. The Bertz CT molecular complexity index is 981. The molecule has 1 aromatic carbocycles. The summed E-state index contributed by atoms with van der Waals surface area (Å²) in [4.78, 5) is 22.5. The third-order valence-electron chi connectivity index (χ3n) is 4.30. The standard InChI is InChI=1S/C20H23N3O3S2/c1-6-17-23-14(10-27-17)11(2)21-19(24)18-12(3)22-20(28-18)13-7-8-15(25-4)16(9-13)26-5/h7-11H,6H2,1-5H3,(H,21,24). The average molecular weight is 418 g/mol. The van der Waals surface area contributed by atoms with Crippen LogP contribution >= 0.6 is 22.7 Å². The fourth-order valence-corrected chi connectivity index (χ4v) is 4.53. The summed E-state index contributed by atoms with van der Waals surface area (Å²) in [5, 5.41) is 6.86. The van der Waals surface area contributed by atoms with Crippen molar-refractivity contribution in [2.75, 3.05) is 14.2 Å². The average Bonchev–Trinajstić information content (AvgIpc) is 3.34. The molecule has 0 saturated carbocycles. The molecule has 28 heavy (non-hydrogen) atoms. The minimum absolute atomic E-state index is 0.139. The fraction of sp³-hybridized carbons (Fsp3) is 0.350. The van der Waals surface area contributed by atoms with Gasteiger partial charge in [-0.2, -0.15) is 0 Å². The summed E-state index contributed by atoms with van der Waals surface area (Å²) in [5.74, 6) is 1.14. The molecular formula is C20H23N3O3S2. The van der Waals surface area contributed by atoms with Crippen molar-refractivity contribution < 1.29 is 14.3 Å². The molecule has 1 atom stereocenters. The van der Waals surface area contributed by atoms with Gasteiger partial charge in [-0.3, -0.25) is 4.79 Å². The third-order valence-corrected chi connectivity index (χ3v) is 6.51. The minimum atomic E-state index is -0.157. The van der Waals surface area contributed by atoms with Crippen molar-refractivity contribution in [3.63, 3.8) is 0 Å². The zero-order valence-electron chi connectivity index (χ0n) is 16.5. The number of benzene rings is 1. The summed E-state index contributed by atoms with van der Waals surface area (Å²) in [6.45, 7) is 5.86. The number of hydrogen-bond acceptors (Lipinski definition) is 7. The van der Waals surface area contributed by atoms with Crippen LogP contribution in [0.5, 0.6) is 11.5 Å². The summed E-state index contributed by atoms with van der Waals surface area (Å²) in [5.41, 5.74) is 2.47. The first-order valence-corrected chi connectivity index (χ1v) is 10.6. The van der Waals surface area contributed by atoms with Gasteiger partial charge < -0.3 is 14.8 Å². The van der Waals surface area contributed by atoms with E-state index in [0.29, 0.717) is 22.1 Å². The SMILES string of the molecule is CCc1nc(C(C)NC(=O)c2sc(-c3ccc(OC)c(OC)c3)nc2C)cs1. The molecule has 0 saturated heterocycles. The predicted octanol–water partition coefficient (Wildman–Crippen LogP) is 4.65. The Balaban J connectivity index is 1.80. The van der Waals surface area contributed by atoms with Crippen LogP contribution in [0.25, 0.3) is 10.6 Å². The van der Waals surface area contributed by atoms with Crippen LogP contribution in [0.4, 0.5) is 0 Å². The van der Waals surface area contributed by atoms with E-state index in [0.717, 1.165) is 27.7 Å². The fourth-order valence-electron chi connectivity index (χ4n) is 2.72. The van der Waals surface area contributed by atoms with Crippen molar-refractivity contribution in [3.05, 3.63) is 44.9 Å². The smallest absolute Gasteiger partial charge is 0.263 e. The first-order valence-electron chi connectivity index (χ1n) is 8.91. The second kappa shape index (κ2) is 8.70. The molecule has 2 aromatic heterocycles. The number of methoxy groups -OCH3 is 2. The van der Waals surface area contributed by atoms with E-state index in [1.54, 1.807) is 25.6 Å². The zero-order valence-corrected chi connectivity index (χ0v) is 18.2. The molecule has 3 rings (SSSR count). The Morgan fingerprint density at radius 1 is 1.21 bits per heavy atom. The van der Waals surface area contributed by atoms with Gasteiger partial charge in [0.25, 0.3) is 5.91 Å². The molecule has 0 bridgehead atoms. The molecule has 2 heterocycles. The molecule has 0 aliphatic rings. The maximum atomic E-state index is 12.8. The summed E-state index contributed by atoms with van der Waals surface area (Å²) < 4.78 is 10.6. The van der Waals surface area contributed by atoms with Crippen molar-refractivity contribution in [1.82, 2.24) is 15.3 Å². The van der Waals surface area contributed by atoms with Gasteiger partial charge in [-0.25, -0.2) is 9.97 Å². The number of carbonyl (C=O) groups is 1. The van der Waals surface area contributed by atoms with Crippen LogP contribution in [0.1, 0.15) is 46.0 Å². The number of thiazole rings is 2. The van der Waals surface area contributed by atoms with E-state index in [1.165, 1.54) is 11.3 Å². The topological polar surface area (TPSA) is 73.3 Å².